The molecule has 7 nitrogen and oxygen atoms in total. The number of amidine groups is 1. The van der Waals surface area contributed by atoms with Crippen molar-refractivity contribution in [1.82, 2.24) is 19.6 Å². The number of hydrogen-bond donors (Lipinski definition) is 0. The SMILES string of the molecule is C=C/C(=C\N1CC(C)=NC(CC)=C1N(C)/C(=N/C)S/C=C/c1ccc(CF)cc1)N(C)CCN(CC)CC#N. The standard InChI is InChI=1S/C30H42FN7S/c1-8-27(35(6)18-19-37(10-3)17-16-32)23-38-22-24(4)34-28(9-2)29(38)36(7)30(33-5)39-20-15-25-11-13-26(21-31)14-12-25/h8,11-15,20,23H,1,9-10,17-19,21-22H2,2-7H3/b20-15+,27-23+,33-30-. The number of nitrogens with zero attached hydrogens (tertiary/aromatic N) is 7. The first-order valence-corrected chi connectivity index (χ1v) is 14.1. The van der Waals surface area contributed by atoms with Gasteiger partial charge >= 0.3 is 0 Å². The van der Waals surface area contributed by atoms with Gasteiger partial charge < -0.3 is 14.7 Å². The Hall–Kier alpha value is -3.35. The third kappa shape index (κ3) is 9.41. The summed E-state index contributed by atoms with van der Waals surface area (Å²) in [4.78, 5) is 18.0. The number of benzene rings is 1. The summed E-state index contributed by atoms with van der Waals surface area (Å²) in [5.74, 6) is 0.976. The number of thioether (sulfide) groups is 1. The highest BCUT2D eigenvalue weighted by Crippen LogP contribution is 2.27. The second kappa shape index (κ2) is 16.6. The molecule has 0 unspecified atom stereocenters. The predicted octanol–water partition coefficient (Wildman–Crippen LogP) is 5.94. The van der Waals surface area contributed by atoms with E-state index in [2.05, 4.69) is 57.3 Å². The Morgan fingerprint density at radius 1 is 1.26 bits per heavy atom. The number of halogens is 1. The molecule has 1 aliphatic rings. The lowest BCUT2D eigenvalue weighted by Crippen LogP contribution is -2.39. The van der Waals surface area contributed by atoms with Gasteiger partial charge in [-0.3, -0.25) is 14.9 Å². The molecule has 0 fully saturated rings. The molecule has 0 amide bonds. The fourth-order valence-corrected chi connectivity index (χ4v) is 4.83. The molecule has 0 bridgehead atoms. The summed E-state index contributed by atoms with van der Waals surface area (Å²) in [7, 11) is 5.85. The maximum atomic E-state index is 12.8. The summed E-state index contributed by atoms with van der Waals surface area (Å²) in [6.45, 7) is 13.3. The zero-order valence-corrected chi connectivity index (χ0v) is 25.0. The van der Waals surface area contributed by atoms with Crippen LogP contribution >= 0.6 is 11.8 Å². The molecule has 0 aliphatic carbocycles. The number of nitriles is 1. The van der Waals surface area contributed by atoms with Gasteiger partial charge in [-0.05, 0) is 48.6 Å². The minimum Gasteiger partial charge on any atom is -0.372 e. The van der Waals surface area contributed by atoms with Gasteiger partial charge in [-0.1, -0.05) is 56.5 Å². The molecule has 1 aromatic carbocycles. The Kier molecular flexibility index (Phi) is 13.5. The fourth-order valence-electron chi connectivity index (χ4n) is 4.13. The fraction of sp³-hybridized carbons (Fsp3) is 0.433. The van der Waals surface area contributed by atoms with Crippen molar-refractivity contribution in [2.75, 3.05) is 53.9 Å². The van der Waals surface area contributed by atoms with Crippen LogP contribution in [-0.4, -0.2) is 84.3 Å². The molecule has 2 rings (SSSR count). The summed E-state index contributed by atoms with van der Waals surface area (Å²) in [6.07, 6.45) is 6.76. The van der Waals surface area contributed by atoms with Crippen molar-refractivity contribution in [2.24, 2.45) is 9.98 Å². The minimum absolute atomic E-state index is 0.422. The van der Waals surface area contributed by atoms with E-state index in [1.165, 1.54) is 11.8 Å². The Labute approximate surface area is 238 Å². The number of rotatable bonds is 13. The molecule has 0 saturated carbocycles. The number of aliphatic imine (C=N–C) groups is 2. The van der Waals surface area contributed by atoms with Gasteiger partial charge in [0.2, 0.25) is 0 Å². The Balaban J connectivity index is 2.29. The first kappa shape index (κ1) is 31.9. The molecule has 0 N–H and O–H groups in total. The maximum absolute atomic E-state index is 12.8. The average Bonchev–Trinajstić information content (AvgIpc) is 2.95. The molecule has 1 aromatic rings. The lowest BCUT2D eigenvalue weighted by atomic mass is 10.1. The monoisotopic (exact) mass is 551 g/mol. The number of hydrogen-bond acceptors (Lipinski definition) is 7. The van der Waals surface area contributed by atoms with E-state index >= 15 is 0 Å². The van der Waals surface area contributed by atoms with Crippen LogP contribution in [0.4, 0.5) is 4.39 Å². The van der Waals surface area contributed by atoms with Crippen LogP contribution in [0.25, 0.3) is 6.08 Å². The van der Waals surface area contributed by atoms with Gasteiger partial charge in [0, 0.05) is 46.1 Å². The summed E-state index contributed by atoms with van der Waals surface area (Å²) < 4.78 is 12.8. The van der Waals surface area contributed by atoms with Gasteiger partial charge in [-0.2, -0.15) is 5.26 Å². The highest BCUT2D eigenvalue weighted by atomic mass is 32.2. The van der Waals surface area contributed by atoms with Crippen molar-refractivity contribution in [2.45, 2.75) is 33.9 Å². The Morgan fingerprint density at radius 2 is 1.97 bits per heavy atom. The molecule has 1 aliphatic heterocycles. The second-order valence-corrected chi connectivity index (χ2v) is 10.0. The predicted molar refractivity (Wildman–Crippen MR) is 165 cm³/mol. The van der Waals surface area contributed by atoms with Crippen LogP contribution in [-0.2, 0) is 6.67 Å². The molecule has 0 aromatic heterocycles. The molecule has 0 spiro atoms. The van der Waals surface area contributed by atoms with E-state index in [0.717, 1.165) is 59.7 Å². The molecular formula is C30H42FN7S. The molecule has 39 heavy (non-hydrogen) atoms. The van der Waals surface area contributed by atoms with Gasteiger partial charge in [0.05, 0.1) is 30.6 Å². The number of allylic oxidation sites excluding steroid dienone is 2. The lowest BCUT2D eigenvalue weighted by Gasteiger charge is -2.36. The normalized spacial score (nSPS) is 14.6. The van der Waals surface area contributed by atoms with Gasteiger partial charge in [0.1, 0.15) is 12.5 Å². The van der Waals surface area contributed by atoms with Crippen LogP contribution in [0.5, 0.6) is 0 Å². The first-order valence-electron chi connectivity index (χ1n) is 13.2. The van der Waals surface area contributed by atoms with Gasteiger partial charge in [0.15, 0.2) is 5.17 Å². The maximum Gasteiger partial charge on any atom is 0.168 e. The highest BCUT2D eigenvalue weighted by Gasteiger charge is 2.25. The van der Waals surface area contributed by atoms with Crippen molar-refractivity contribution in [3.63, 3.8) is 0 Å². The molecule has 0 saturated heterocycles. The largest absolute Gasteiger partial charge is 0.372 e. The van der Waals surface area contributed by atoms with E-state index in [-0.39, 0.29) is 0 Å². The summed E-state index contributed by atoms with van der Waals surface area (Å²) in [6, 6.07) is 9.66. The molecule has 1 heterocycles. The molecule has 0 radical (unpaired) electrons. The van der Waals surface area contributed by atoms with Crippen LogP contribution < -0.4 is 0 Å². The smallest absolute Gasteiger partial charge is 0.168 e. The summed E-state index contributed by atoms with van der Waals surface area (Å²) in [5.41, 5.74) is 4.69. The zero-order chi connectivity index (χ0) is 28.8. The van der Waals surface area contributed by atoms with Crippen molar-refractivity contribution >= 4 is 28.7 Å². The summed E-state index contributed by atoms with van der Waals surface area (Å²) >= 11 is 1.52. The Bertz CT molecular complexity index is 1140. The Morgan fingerprint density at radius 3 is 2.54 bits per heavy atom. The van der Waals surface area contributed by atoms with E-state index in [1.807, 2.05) is 50.7 Å². The third-order valence-corrected chi connectivity index (χ3v) is 7.32. The molecule has 210 valence electrons. The van der Waals surface area contributed by atoms with Crippen molar-refractivity contribution in [3.8, 4) is 6.07 Å². The molecule has 0 atom stereocenters. The van der Waals surface area contributed by atoms with Crippen LogP contribution in [0.3, 0.4) is 0 Å². The van der Waals surface area contributed by atoms with Crippen LogP contribution in [0.15, 0.2) is 75.7 Å². The van der Waals surface area contributed by atoms with Gasteiger partial charge in [-0.15, -0.1) is 0 Å². The van der Waals surface area contributed by atoms with E-state index < -0.39 is 6.67 Å². The van der Waals surface area contributed by atoms with Gasteiger partial charge in [0.25, 0.3) is 0 Å². The van der Waals surface area contributed by atoms with Crippen molar-refractivity contribution in [3.05, 3.63) is 76.9 Å². The average molecular weight is 552 g/mol. The van der Waals surface area contributed by atoms with Crippen LogP contribution in [0.2, 0.25) is 0 Å². The quantitative estimate of drug-likeness (QED) is 0.131. The number of alkyl halides is 1. The van der Waals surface area contributed by atoms with Crippen molar-refractivity contribution < 1.29 is 4.39 Å². The van der Waals surface area contributed by atoms with E-state index in [0.29, 0.717) is 18.7 Å². The van der Waals surface area contributed by atoms with Crippen molar-refractivity contribution in [1.29, 1.82) is 5.26 Å². The lowest BCUT2D eigenvalue weighted by molar-refractivity contribution is 0.276. The van der Waals surface area contributed by atoms with Crippen LogP contribution in [0.1, 0.15) is 38.3 Å². The minimum atomic E-state index is -0.459. The van der Waals surface area contributed by atoms with E-state index in [9.17, 15) is 4.39 Å². The topological polar surface area (TPSA) is 61.5 Å². The van der Waals surface area contributed by atoms with E-state index in [1.54, 1.807) is 19.2 Å². The highest BCUT2D eigenvalue weighted by molar-refractivity contribution is 8.16. The first-order chi connectivity index (χ1) is 18.8. The molecular weight excluding hydrogens is 509 g/mol. The van der Waals surface area contributed by atoms with E-state index in [4.69, 9.17) is 10.3 Å². The zero-order valence-electron chi connectivity index (χ0n) is 24.2. The summed E-state index contributed by atoms with van der Waals surface area (Å²) in [5, 5.41) is 11.9. The second-order valence-electron chi connectivity index (χ2n) is 9.17. The molecule has 9 heteroatoms. The third-order valence-electron chi connectivity index (χ3n) is 6.39. The van der Waals surface area contributed by atoms with Gasteiger partial charge in [-0.25, -0.2) is 4.39 Å². The van der Waals surface area contributed by atoms with Crippen LogP contribution in [0, 0.1) is 11.3 Å². The number of likely N-dealkylation sites (N-methyl/N-ethyl adjacent to an activating group) is 2.